The van der Waals surface area contributed by atoms with Gasteiger partial charge < -0.3 is 4.90 Å². The van der Waals surface area contributed by atoms with E-state index in [4.69, 9.17) is 11.6 Å². The van der Waals surface area contributed by atoms with E-state index in [1.54, 1.807) is 6.07 Å². The second kappa shape index (κ2) is 8.35. The highest BCUT2D eigenvalue weighted by atomic mass is 35.5. The first kappa shape index (κ1) is 19.6. The number of anilines is 1. The molecule has 0 unspecified atom stereocenters. The highest BCUT2D eigenvalue weighted by Gasteiger charge is 2.20. The fraction of sp³-hybridized carbons (Fsp3) is 0.227. The monoisotopic (exact) mass is 425 g/mol. The summed E-state index contributed by atoms with van der Waals surface area (Å²) in [6.45, 7) is 3.29. The first-order valence-corrected chi connectivity index (χ1v) is 10.6. The normalized spacial score (nSPS) is 13.7. The molecule has 29 heavy (non-hydrogen) atoms. The molecule has 5 nitrogen and oxygen atoms in total. The highest BCUT2D eigenvalue weighted by Crippen LogP contribution is 2.31. The van der Waals surface area contributed by atoms with Gasteiger partial charge >= 0.3 is 0 Å². The molecular weight excluding hydrogens is 406 g/mol. The minimum Gasteiger partial charge on any atom is -0.338 e. The number of hydrogen-bond acceptors (Lipinski definition) is 4. The number of benzene rings is 2. The van der Waals surface area contributed by atoms with Gasteiger partial charge in [0.25, 0.3) is 5.91 Å². The largest absolute Gasteiger partial charge is 0.338 e. The number of amides is 2. The summed E-state index contributed by atoms with van der Waals surface area (Å²) in [7, 11) is 0. The van der Waals surface area contributed by atoms with Crippen LogP contribution in [0.1, 0.15) is 33.6 Å². The summed E-state index contributed by atoms with van der Waals surface area (Å²) in [5, 5.41) is 4.12. The minimum atomic E-state index is -0.212. The zero-order valence-corrected chi connectivity index (χ0v) is 17.5. The standard InChI is InChI=1S/C22H20ClN3O2S/c1-14-20(16-7-9-18(23)10-8-16)24-22(29-14)25-21(28)17-5-2-4-15(12-17)13-26-11-3-6-19(26)27/h2,4-5,7-10,12H,3,6,11,13H2,1H3,(H,24,25,28). The Balaban J connectivity index is 1.48. The number of aromatic nitrogens is 1. The predicted octanol–water partition coefficient (Wildman–Crippen LogP) is 5.15. The molecule has 1 N–H and O–H groups in total. The van der Waals surface area contributed by atoms with E-state index in [2.05, 4.69) is 10.3 Å². The lowest BCUT2D eigenvalue weighted by atomic mass is 10.1. The Labute approximate surface area is 178 Å². The molecule has 0 bridgehead atoms. The maximum Gasteiger partial charge on any atom is 0.257 e. The molecule has 7 heteroatoms. The molecule has 1 aliphatic rings. The van der Waals surface area contributed by atoms with Crippen molar-refractivity contribution in [1.82, 2.24) is 9.88 Å². The average molecular weight is 426 g/mol. The second-order valence-corrected chi connectivity index (χ2v) is 8.64. The average Bonchev–Trinajstić information content (AvgIpc) is 3.28. The summed E-state index contributed by atoms with van der Waals surface area (Å²) in [4.78, 5) is 32.0. The number of thiazole rings is 1. The van der Waals surface area contributed by atoms with Crippen LogP contribution in [-0.2, 0) is 11.3 Å². The molecule has 2 amide bonds. The predicted molar refractivity (Wildman–Crippen MR) is 116 cm³/mol. The molecule has 148 valence electrons. The molecule has 0 atom stereocenters. The first-order valence-electron chi connectivity index (χ1n) is 9.41. The number of likely N-dealkylation sites (tertiary alicyclic amines) is 1. The van der Waals surface area contributed by atoms with Gasteiger partial charge in [-0.3, -0.25) is 14.9 Å². The van der Waals surface area contributed by atoms with E-state index < -0.39 is 0 Å². The van der Waals surface area contributed by atoms with Gasteiger partial charge in [0.05, 0.1) is 5.69 Å². The van der Waals surface area contributed by atoms with Crippen molar-refractivity contribution in [1.29, 1.82) is 0 Å². The van der Waals surface area contributed by atoms with Gasteiger partial charge in [0.15, 0.2) is 5.13 Å². The summed E-state index contributed by atoms with van der Waals surface area (Å²) in [6.07, 6.45) is 1.51. The van der Waals surface area contributed by atoms with E-state index in [0.29, 0.717) is 28.7 Å². The van der Waals surface area contributed by atoms with E-state index in [1.165, 1.54) is 11.3 Å². The van der Waals surface area contributed by atoms with Crippen molar-refractivity contribution in [3.8, 4) is 11.3 Å². The van der Waals surface area contributed by atoms with Gasteiger partial charge in [-0.05, 0) is 43.2 Å². The Kier molecular flexibility index (Phi) is 5.65. The van der Waals surface area contributed by atoms with Gasteiger partial charge in [-0.25, -0.2) is 4.98 Å². The lowest BCUT2D eigenvalue weighted by molar-refractivity contribution is -0.128. The van der Waals surface area contributed by atoms with E-state index in [-0.39, 0.29) is 11.8 Å². The van der Waals surface area contributed by atoms with Crippen molar-refractivity contribution < 1.29 is 9.59 Å². The van der Waals surface area contributed by atoms with Crippen LogP contribution in [0.3, 0.4) is 0 Å². The molecule has 2 aromatic carbocycles. The second-order valence-electron chi connectivity index (χ2n) is 7.00. The maximum absolute atomic E-state index is 12.7. The smallest absolute Gasteiger partial charge is 0.257 e. The molecule has 0 spiro atoms. The summed E-state index contributed by atoms with van der Waals surface area (Å²) < 4.78 is 0. The lowest BCUT2D eigenvalue weighted by Gasteiger charge is -2.15. The molecule has 0 radical (unpaired) electrons. The van der Waals surface area contributed by atoms with E-state index >= 15 is 0 Å². The van der Waals surface area contributed by atoms with Gasteiger partial charge in [0, 0.05) is 40.5 Å². The number of nitrogens with one attached hydrogen (secondary N) is 1. The maximum atomic E-state index is 12.7. The number of rotatable bonds is 5. The molecular formula is C22H20ClN3O2S. The van der Waals surface area contributed by atoms with E-state index in [9.17, 15) is 9.59 Å². The van der Waals surface area contributed by atoms with Crippen molar-refractivity contribution >= 4 is 39.9 Å². The van der Waals surface area contributed by atoms with Crippen molar-refractivity contribution in [3.63, 3.8) is 0 Å². The van der Waals surface area contributed by atoms with Crippen LogP contribution in [0.4, 0.5) is 5.13 Å². The summed E-state index contributed by atoms with van der Waals surface area (Å²) >= 11 is 7.40. The van der Waals surface area contributed by atoms with Crippen LogP contribution < -0.4 is 5.32 Å². The molecule has 3 aromatic rings. The number of carbonyl (C=O) groups excluding carboxylic acids is 2. The van der Waals surface area contributed by atoms with Crippen molar-refractivity contribution in [3.05, 3.63) is 69.6 Å². The van der Waals surface area contributed by atoms with Gasteiger partial charge in [-0.1, -0.05) is 35.9 Å². The Hall–Kier alpha value is -2.70. The van der Waals surface area contributed by atoms with Crippen LogP contribution in [0, 0.1) is 6.92 Å². The number of nitrogens with zero attached hydrogens (tertiary/aromatic N) is 2. The fourth-order valence-corrected chi connectivity index (χ4v) is 4.35. The summed E-state index contributed by atoms with van der Waals surface area (Å²) in [5.41, 5.74) is 3.30. The Bertz CT molecular complexity index is 1060. The quantitative estimate of drug-likeness (QED) is 0.615. The zero-order valence-electron chi connectivity index (χ0n) is 15.9. The topological polar surface area (TPSA) is 62.3 Å². The number of aryl methyl sites for hydroxylation is 1. The van der Waals surface area contributed by atoms with Crippen LogP contribution >= 0.6 is 22.9 Å². The van der Waals surface area contributed by atoms with Crippen molar-refractivity contribution in [2.24, 2.45) is 0 Å². The number of halogens is 1. The molecule has 1 saturated heterocycles. The molecule has 1 fully saturated rings. The minimum absolute atomic E-state index is 0.174. The molecule has 1 aromatic heterocycles. The van der Waals surface area contributed by atoms with Crippen molar-refractivity contribution in [2.45, 2.75) is 26.3 Å². The fourth-order valence-electron chi connectivity index (χ4n) is 3.40. The van der Waals surface area contributed by atoms with E-state index in [1.807, 2.05) is 54.3 Å². The van der Waals surface area contributed by atoms with Crippen LogP contribution in [0.2, 0.25) is 5.02 Å². The zero-order chi connectivity index (χ0) is 20.4. The lowest BCUT2D eigenvalue weighted by Crippen LogP contribution is -2.24. The van der Waals surface area contributed by atoms with Gasteiger partial charge in [-0.15, -0.1) is 11.3 Å². The van der Waals surface area contributed by atoms with Crippen LogP contribution in [0.15, 0.2) is 48.5 Å². The Morgan fingerprint density at radius 3 is 2.76 bits per heavy atom. The van der Waals surface area contributed by atoms with Crippen LogP contribution in [0.5, 0.6) is 0 Å². The molecule has 1 aliphatic heterocycles. The summed E-state index contributed by atoms with van der Waals surface area (Å²) in [6, 6.07) is 14.9. The third-order valence-corrected chi connectivity index (χ3v) is 6.01. The number of carbonyl (C=O) groups is 2. The molecule has 0 saturated carbocycles. The van der Waals surface area contributed by atoms with Gasteiger partial charge in [-0.2, -0.15) is 0 Å². The Morgan fingerprint density at radius 1 is 1.24 bits per heavy atom. The molecule has 2 heterocycles. The highest BCUT2D eigenvalue weighted by molar-refractivity contribution is 7.16. The molecule has 4 rings (SSSR count). The van der Waals surface area contributed by atoms with Gasteiger partial charge in [0.2, 0.25) is 5.91 Å². The van der Waals surface area contributed by atoms with Crippen LogP contribution in [0.25, 0.3) is 11.3 Å². The number of hydrogen-bond donors (Lipinski definition) is 1. The van der Waals surface area contributed by atoms with Gasteiger partial charge in [0.1, 0.15) is 0 Å². The first-order chi connectivity index (χ1) is 14.0. The van der Waals surface area contributed by atoms with Crippen molar-refractivity contribution in [2.75, 3.05) is 11.9 Å². The molecule has 0 aliphatic carbocycles. The summed E-state index contributed by atoms with van der Waals surface area (Å²) in [5.74, 6) is -0.0381. The van der Waals surface area contributed by atoms with Crippen LogP contribution in [-0.4, -0.2) is 28.2 Å². The van der Waals surface area contributed by atoms with E-state index in [0.717, 1.165) is 34.7 Å². The third kappa shape index (κ3) is 4.49. The third-order valence-electron chi connectivity index (χ3n) is 4.87. The SMILES string of the molecule is Cc1sc(NC(=O)c2cccc(CN3CCCC3=O)c2)nc1-c1ccc(Cl)cc1. The Morgan fingerprint density at radius 2 is 2.03 bits per heavy atom.